The number of ketones is 1. The van der Waals surface area contributed by atoms with E-state index in [-0.39, 0.29) is 5.78 Å². The van der Waals surface area contributed by atoms with Crippen LogP contribution >= 0.6 is 11.6 Å². The van der Waals surface area contributed by atoms with Crippen molar-refractivity contribution in [1.29, 1.82) is 0 Å². The van der Waals surface area contributed by atoms with Crippen molar-refractivity contribution in [2.24, 2.45) is 0 Å². The lowest BCUT2D eigenvalue weighted by atomic mass is 10.0. The van der Waals surface area contributed by atoms with Crippen molar-refractivity contribution in [1.82, 2.24) is 0 Å². The lowest BCUT2D eigenvalue weighted by Gasteiger charge is -2.04. The zero-order valence-electron chi connectivity index (χ0n) is 10.0. The predicted molar refractivity (Wildman–Crippen MR) is 72.5 cm³/mol. The van der Waals surface area contributed by atoms with Crippen LogP contribution in [0.15, 0.2) is 48.5 Å². The van der Waals surface area contributed by atoms with E-state index in [0.717, 1.165) is 5.56 Å². The molecule has 2 aromatic rings. The maximum Gasteiger partial charge on any atom is 0.167 e. The van der Waals surface area contributed by atoms with Crippen molar-refractivity contribution in [3.63, 3.8) is 0 Å². The summed E-state index contributed by atoms with van der Waals surface area (Å²) in [5, 5.41) is 0.644. The van der Waals surface area contributed by atoms with E-state index in [1.807, 2.05) is 24.3 Å². The van der Waals surface area contributed by atoms with E-state index in [9.17, 15) is 4.79 Å². The Kier molecular flexibility index (Phi) is 4.00. The fourth-order valence-corrected chi connectivity index (χ4v) is 1.94. The number of hydrogen-bond acceptors (Lipinski definition) is 2. The topological polar surface area (TPSA) is 26.3 Å². The lowest BCUT2D eigenvalue weighted by molar-refractivity contribution is 0.0992. The van der Waals surface area contributed by atoms with Gasteiger partial charge in [-0.25, -0.2) is 0 Å². The summed E-state index contributed by atoms with van der Waals surface area (Å²) in [6, 6.07) is 14.5. The van der Waals surface area contributed by atoms with Crippen LogP contribution in [0.2, 0.25) is 5.02 Å². The van der Waals surface area contributed by atoms with Gasteiger partial charge in [-0.2, -0.15) is 0 Å². The summed E-state index contributed by atoms with van der Waals surface area (Å²) in [6.07, 6.45) is 0.341. The van der Waals surface area contributed by atoms with Crippen LogP contribution < -0.4 is 4.74 Å². The Hall–Kier alpha value is -1.80. The van der Waals surface area contributed by atoms with Gasteiger partial charge in [0.25, 0.3) is 0 Å². The zero-order chi connectivity index (χ0) is 13.0. The van der Waals surface area contributed by atoms with Crippen LogP contribution in [0, 0.1) is 0 Å². The Morgan fingerprint density at radius 1 is 1.17 bits per heavy atom. The molecule has 0 saturated heterocycles. The van der Waals surface area contributed by atoms with Gasteiger partial charge in [-0.05, 0) is 29.8 Å². The molecular weight excluding hydrogens is 248 g/mol. The van der Waals surface area contributed by atoms with Crippen LogP contribution in [0.25, 0.3) is 0 Å². The van der Waals surface area contributed by atoms with Crippen LogP contribution in [0.3, 0.4) is 0 Å². The molecule has 0 aliphatic rings. The first-order chi connectivity index (χ1) is 8.69. The minimum Gasteiger partial charge on any atom is -0.497 e. The second-order valence-corrected chi connectivity index (χ2v) is 4.40. The first kappa shape index (κ1) is 12.7. The molecule has 0 saturated carbocycles. The average Bonchev–Trinajstić information content (AvgIpc) is 2.39. The molecule has 0 amide bonds. The number of halogens is 1. The van der Waals surface area contributed by atoms with E-state index in [1.54, 1.807) is 31.4 Å². The van der Waals surface area contributed by atoms with Gasteiger partial charge >= 0.3 is 0 Å². The molecule has 0 heterocycles. The molecule has 2 nitrogen and oxygen atoms in total. The largest absolute Gasteiger partial charge is 0.497 e. The van der Waals surface area contributed by atoms with Gasteiger partial charge < -0.3 is 4.74 Å². The fraction of sp³-hybridized carbons (Fsp3) is 0.133. The fourth-order valence-electron chi connectivity index (χ4n) is 1.73. The first-order valence-electron chi connectivity index (χ1n) is 5.61. The molecule has 0 atom stereocenters. The van der Waals surface area contributed by atoms with Crippen molar-refractivity contribution in [3.8, 4) is 5.75 Å². The number of hydrogen-bond donors (Lipinski definition) is 0. The highest BCUT2D eigenvalue weighted by Gasteiger charge is 2.08. The minimum absolute atomic E-state index is 0.0520. The van der Waals surface area contributed by atoms with E-state index in [2.05, 4.69) is 0 Å². The molecule has 0 fully saturated rings. The minimum atomic E-state index is 0.0520. The number of ether oxygens (including phenoxy) is 1. The highest BCUT2D eigenvalue weighted by molar-refractivity contribution is 6.30. The van der Waals surface area contributed by atoms with E-state index >= 15 is 0 Å². The van der Waals surface area contributed by atoms with E-state index < -0.39 is 0 Å². The van der Waals surface area contributed by atoms with Gasteiger partial charge in [0.15, 0.2) is 5.78 Å². The molecule has 0 unspecified atom stereocenters. The second kappa shape index (κ2) is 5.69. The van der Waals surface area contributed by atoms with Crippen LogP contribution in [0.1, 0.15) is 15.9 Å². The Balaban J connectivity index is 2.16. The van der Waals surface area contributed by atoms with E-state index in [4.69, 9.17) is 16.3 Å². The molecule has 0 aliphatic carbocycles. The highest BCUT2D eigenvalue weighted by Crippen LogP contribution is 2.16. The number of methoxy groups -OCH3 is 1. The maximum absolute atomic E-state index is 12.1. The standard InChI is InChI=1S/C15H13ClO2/c1-18-14-7-3-5-12(10-14)15(17)9-11-4-2-6-13(16)8-11/h2-8,10H,9H2,1H3. The van der Waals surface area contributed by atoms with E-state index in [1.165, 1.54) is 0 Å². The van der Waals surface area contributed by atoms with Crippen LogP contribution in [-0.4, -0.2) is 12.9 Å². The first-order valence-corrected chi connectivity index (χ1v) is 5.98. The molecule has 2 aromatic carbocycles. The SMILES string of the molecule is COc1cccc(C(=O)Cc2cccc(Cl)c2)c1. The summed E-state index contributed by atoms with van der Waals surface area (Å²) >= 11 is 5.89. The third-order valence-corrected chi connectivity index (χ3v) is 2.88. The number of Topliss-reactive ketones (excluding diaryl/α,β-unsaturated/α-hetero) is 1. The molecular formula is C15H13ClO2. The van der Waals surface area contributed by atoms with Crippen LogP contribution in [0.4, 0.5) is 0 Å². The molecule has 3 heteroatoms. The zero-order valence-corrected chi connectivity index (χ0v) is 10.8. The molecule has 0 radical (unpaired) electrons. The normalized spacial score (nSPS) is 10.1. The summed E-state index contributed by atoms with van der Waals surface area (Å²) < 4.78 is 5.10. The summed E-state index contributed by atoms with van der Waals surface area (Å²) in [6.45, 7) is 0. The van der Waals surface area contributed by atoms with Gasteiger partial charge in [0.2, 0.25) is 0 Å². The highest BCUT2D eigenvalue weighted by atomic mass is 35.5. The number of carbonyl (C=O) groups is 1. The Morgan fingerprint density at radius 2 is 1.94 bits per heavy atom. The van der Waals surface area contributed by atoms with Gasteiger partial charge in [-0.15, -0.1) is 0 Å². The van der Waals surface area contributed by atoms with Crippen LogP contribution in [0.5, 0.6) is 5.75 Å². The average molecular weight is 261 g/mol. The molecule has 0 bridgehead atoms. The molecule has 0 spiro atoms. The Morgan fingerprint density at radius 3 is 2.67 bits per heavy atom. The monoisotopic (exact) mass is 260 g/mol. The van der Waals surface area contributed by atoms with Gasteiger partial charge in [-0.1, -0.05) is 35.9 Å². The molecule has 92 valence electrons. The number of benzene rings is 2. The third-order valence-electron chi connectivity index (χ3n) is 2.65. The molecule has 0 aliphatic heterocycles. The van der Waals surface area contributed by atoms with Crippen molar-refractivity contribution in [2.75, 3.05) is 7.11 Å². The van der Waals surface area contributed by atoms with Crippen LogP contribution in [-0.2, 0) is 6.42 Å². The smallest absolute Gasteiger partial charge is 0.167 e. The van der Waals surface area contributed by atoms with Gasteiger partial charge in [-0.3, -0.25) is 4.79 Å². The van der Waals surface area contributed by atoms with Crippen molar-refractivity contribution in [2.45, 2.75) is 6.42 Å². The predicted octanol–water partition coefficient (Wildman–Crippen LogP) is 3.77. The molecule has 0 aromatic heterocycles. The maximum atomic E-state index is 12.1. The summed E-state index contributed by atoms with van der Waals surface area (Å²) in [5.41, 5.74) is 1.56. The number of carbonyl (C=O) groups excluding carboxylic acids is 1. The summed E-state index contributed by atoms with van der Waals surface area (Å²) in [5.74, 6) is 0.739. The lowest BCUT2D eigenvalue weighted by Crippen LogP contribution is -2.03. The van der Waals surface area contributed by atoms with Crippen molar-refractivity contribution in [3.05, 3.63) is 64.7 Å². The van der Waals surface area contributed by atoms with Gasteiger partial charge in [0.1, 0.15) is 5.75 Å². The van der Waals surface area contributed by atoms with Crippen molar-refractivity contribution >= 4 is 17.4 Å². The quantitative estimate of drug-likeness (QED) is 0.782. The summed E-state index contributed by atoms with van der Waals surface area (Å²) in [4.78, 5) is 12.1. The third kappa shape index (κ3) is 3.11. The molecule has 2 rings (SSSR count). The second-order valence-electron chi connectivity index (χ2n) is 3.96. The van der Waals surface area contributed by atoms with Crippen molar-refractivity contribution < 1.29 is 9.53 Å². The molecule has 0 N–H and O–H groups in total. The molecule has 18 heavy (non-hydrogen) atoms. The van der Waals surface area contributed by atoms with Gasteiger partial charge in [0, 0.05) is 17.0 Å². The Labute approximate surface area is 111 Å². The summed E-state index contributed by atoms with van der Waals surface area (Å²) in [7, 11) is 1.58. The van der Waals surface area contributed by atoms with Gasteiger partial charge in [0.05, 0.1) is 7.11 Å². The number of rotatable bonds is 4. The van der Waals surface area contributed by atoms with E-state index in [0.29, 0.717) is 22.8 Å². The Bertz CT molecular complexity index is 564.